The molecule has 0 saturated heterocycles. The normalized spacial score (nSPS) is 15.9. The molecule has 0 fully saturated rings. The first-order valence-electron chi connectivity index (χ1n) is 3.59. The van der Waals surface area contributed by atoms with Crippen LogP contribution >= 0.6 is 0 Å². The maximum atomic E-state index is 11.3. The van der Waals surface area contributed by atoms with Crippen LogP contribution in [0.1, 0.15) is 20.3 Å². The average Bonchev–Trinajstić information content (AvgIpc) is 1.98. The van der Waals surface area contributed by atoms with Gasteiger partial charge < -0.3 is 5.11 Å². The first kappa shape index (κ1) is 10.4. The van der Waals surface area contributed by atoms with Crippen LogP contribution in [0, 0.1) is 11.8 Å². The first-order chi connectivity index (χ1) is 5.13. The molecule has 0 heterocycles. The molecule has 0 amide bonds. The van der Waals surface area contributed by atoms with Gasteiger partial charge in [-0.15, -0.1) is 0 Å². The Hall–Kier alpha value is -0.640. The maximum Gasteiger partial charge on any atom is 0.309 e. The van der Waals surface area contributed by atoms with Crippen molar-refractivity contribution in [2.75, 3.05) is 6.61 Å². The zero-order valence-electron chi connectivity index (χ0n) is 6.71. The number of rotatable bonds is 5. The molecule has 0 aliphatic carbocycles. The smallest absolute Gasteiger partial charge is 0.309 e. The number of hydrogen-bond donors (Lipinski definition) is 1. The third kappa shape index (κ3) is 3.32. The fourth-order valence-electron chi connectivity index (χ4n) is 0.831. The van der Waals surface area contributed by atoms with Crippen LogP contribution in [-0.4, -0.2) is 17.7 Å². The third-order valence-electron chi connectivity index (χ3n) is 1.89. The molecule has 0 aliphatic rings. The Morgan fingerprint density at radius 3 is 2.55 bits per heavy atom. The number of aliphatic carboxylic acids is 1. The second-order valence-electron chi connectivity index (χ2n) is 2.61. The molecule has 3 nitrogen and oxygen atoms in total. The molecule has 0 rings (SSSR count). The number of carboxylic acids is 1. The van der Waals surface area contributed by atoms with Crippen molar-refractivity contribution in [2.24, 2.45) is 11.8 Å². The standard InChI is InChI=1S/C7H13FO3/c1-3-5(2)6(4-11-8)7(9)10/h5-6H,3-4H2,1-2H3,(H,9,10). The zero-order chi connectivity index (χ0) is 8.85. The van der Waals surface area contributed by atoms with Crippen molar-refractivity contribution in [3.05, 3.63) is 0 Å². The molecular weight excluding hydrogens is 151 g/mol. The van der Waals surface area contributed by atoms with E-state index >= 15 is 0 Å². The number of carbonyl (C=O) groups is 1. The van der Waals surface area contributed by atoms with Gasteiger partial charge >= 0.3 is 5.97 Å². The van der Waals surface area contributed by atoms with Gasteiger partial charge in [0.1, 0.15) is 6.61 Å². The highest BCUT2D eigenvalue weighted by molar-refractivity contribution is 5.70. The summed E-state index contributed by atoms with van der Waals surface area (Å²) in [5.41, 5.74) is 0. The first-order valence-corrected chi connectivity index (χ1v) is 3.59. The van der Waals surface area contributed by atoms with E-state index in [1.165, 1.54) is 0 Å². The molecule has 2 unspecified atom stereocenters. The number of hydrogen-bond acceptors (Lipinski definition) is 2. The van der Waals surface area contributed by atoms with Gasteiger partial charge in [0.05, 0.1) is 5.92 Å². The lowest BCUT2D eigenvalue weighted by Crippen LogP contribution is -2.25. The number of carboxylic acid groups (broad SMARTS) is 1. The van der Waals surface area contributed by atoms with Crippen LogP contribution in [0.5, 0.6) is 0 Å². The highest BCUT2D eigenvalue weighted by Gasteiger charge is 2.23. The van der Waals surface area contributed by atoms with Crippen molar-refractivity contribution >= 4 is 5.97 Å². The van der Waals surface area contributed by atoms with Crippen molar-refractivity contribution in [2.45, 2.75) is 20.3 Å². The second-order valence-corrected chi connectivity index (χ2v) is 2.61. The molecule has 66 valence electrons. The summed E-state index contributed by atoms with van der Waals surface area (Å²) in [4.78, 5) is 13.8. The van der Waals surface area contributed by atoms with Crippen LogP contribution in [0.25, 0.3) is 0 Å². The van der Waals surface area contributed by atoms with Crippen LogP contribution in [0.2, 0.25) is 0 Å². The van der Waals surface area contributed by atoms with Crippen LogP contribution in [0.3, 0.4) is 0 Å². The van der Waals surface area contributed by atoms with Gasteiger partial charge in [0, 0.05) is 0 Å². The molecule has 0 aromatic carbocycles. The van der Waals surface area contributed by atoms with E-state index in [0.29, 0.717) is 6.42 Å². The molecule has 1 N–H and O–H groups in total. The average molecular weight is 164 g/mol. The van der Waals surface area contributed by atoms with Crippen molar-refractivity contribution in [3.63, 3.8) is 0 Å². The zero-order valence-corrected chi connectivity index (χ0v) is 6.71. The summed E-state index contributed by atoms with van der Waals surface area (Å²) in [5.74, 6) is -1.79. The number of halogens is 1. The predicted octanol–water partition coefficient (Wildman–Crippen LogP) is 1.63. The van der Waals surface area contributed by atoms with E-state index in [1.807, 2.05) is 6.92 Å². The maximum absolute atomic E-state index is 11.3. The van der Waals surface area contributed by atoms with E-state index in [9.17, 15) is 9.32 Å². The summed E-state index contributed by atoms with van der Waals surface area (Å²) in [6, 6.07) is 0. The minimum absolute atomic E-state index is 0.0525. The highest BCUT2D eigenvalue weighted by Crippen LogP contribution is 2.15. The molecule has 0 radical (unpaired) electrons. The van der Waals surface area contributed by atoms with Gasteiger partial charge in [0.15, 0.2) is 0 Å². The van der Waals surface area contributed by atoms with Gasteiger partial charge in [-0.05, 0) is 10.4 Å². The molecule has 0 bridgehead atoms. The van der Waals surface area contributed by atoms with Gasteiger partial charge in [-0.2, -0.15) is 4.94 Å². The van der Waals surface area contributed by atoms with Gasteiger partial charge in [-0.3, -0.25) is 4.79 Å². The molecular formula is C7H13FO3. The molecule has 0 aliphatic heterocycles. The van der Waals surface area contributed by atoms with Crippen molar-refractivity contribution < 1.29 is 19.4 Å². The largest absolute Gasteiger partial charge is 0.481 e. The fourth-order valence-corrected chi connectivity index (χ4v) is 0.831. The monoisotopic (exact) mass is 164 g/mol. The van der Waals surface area contributed by atoms with E-state index in [0.717, 1.165) is 0 Å². The summed E-state index contributed by atoms with van der Waals surface area (Å²) < 4.78 is 11.3. The van der Waals surface area contributed by atoms with Crippen LogP contribution in [-0.2, 0) is 9.74 Å². The molecule has 2 atom stereocenters. The summed E-state index contributed by atoms with van der Waals surface area (Å²) in [5, 5.41) is 8.56. The molecule has 4 heteroatoms. The quantitative estimate of drug-likeness (QED) is 0.671. The summed E-state index contributed by atoms with van der Waals surface area (Å²) >= 11 is 0. The lowest BCUT2D eigenvalue weighted by Gasteiger charge is -2.15. The lowest BCUT2D eigenvalue weighted by atomic mass is 9.93. The Kier molecular flexibility index (Phi) is 4.77. The Labute approximate surface area is 65.1 Å². The molecule has 0 saturated carbocycles. The summed E-state index contributed by atoms with van der Waals surface area (Å²) in [6.07, 6.45) is 0.709. The van der Waals surface area contributed by atoms with E-state index < -0.39 is 11.9 Å². The van der Waals surface area contributed by atoms with E-state index in [-0.39, 0.29) is 12.5 Å². The van der Waals surface area contributed by atoms with Crippen LogP contribution < -0.4 is 0 Å². The van der Waals surface area contributed by atoms with Gasteiger partial charge in [0.2, 0.25) is 0 Å². The van der Waals surface area contributed by atoms with E-state index in [4.69, 9.17) is 5.11 Å². The van der Waals surface area contributed by atoms with Gasteiger partial charge in [-0.1, -0.05) is 20.3 Å². The van der Waals surface area contributed by atoms with E-state index in [1.54, 1.807) is 6.92 Å². The summed E-state index contributed by atoms with van der Waals surface area (Å²) in [6.45, 7) is 3.26. The molecule has 0 spiro atoms. The topological polar surface area (TPSA) is 46.5 Å². The summed E-state index contributed by atoms with van der Waals surface area (Å²) in [7, 11) is 0. The fraction of sp³-hybridized carbons (Fsp3) is 0.857. The Bertz CT molecular complexity index is 127. The predicted molar refractivity (Wildman–Crippen MR) is 37.6 cm³/mol. The van der Waals surface area contributed by atoms with Crippen molar-refractivity contribution in [3.8, 4) is 0 Å². The Morgan fingerprint density at radius 2 is 2.27 bits per heavy atom. The highest BCUT2D eigenvalue weighted by atomic mass is 19.3. The van der Waals surface area contributed by atoms with Crippen molar-refractivity contribution in [1.82, 2.24) is 0 Å². The minimum Gasteiger partial charge on any atom is -0.481 e. The minimum atomic E-state index is -1.00. The molecule has 0 aromatic rings. The lowest BCUT2D eigenvalue weighted by molar-refractivity contribution is -0.170. The van der Waals surface area contributed by atoms with Crippen LogP contribution in [0.15, 0.2) is 0 Å². The third-order valence-corrected chi connectivity index (χ3v) is 1.89. The van der Waals surface area contributed by atoms with Crippen molar-refractivity contribution in [1.29, 1.82) is 0 Å². The second kappa shape index (κ2) is 5.07. The van der Waals surface area contributed by atoms with Crippen LogP contribution in [0.4, 0.5) is 4.53 Å². The van der Waals surface area contributed by atoms with E-state index in [2.05, 4.69) is 4.94 Å². The van der Waals surface area contributed by atoms with Gasteiger partial charge in [-0.25, -0.2) is 0 Å². The molecule has 0 aromatic heterocycles. The Balaban J connectivity index is 3.97. The molecule has 11 heavy (non-hydrogen) atoms. The van der Waals surface area contributed by atoms with Gasteiger partial charge in [0.25, 0.3) is 0 Å². The Morgan fingerprint density at radius 1 is 1.73 bits per heavy atom. The SMILES string of the molecule is CCC(C)C(COF)C(=O)O.